The van der Waals surface area contributed by atoms with Crippen molar-refractivity contribution in [3.05, 3.63) is 63.6 Å². The van der Waals surface area contributed by atoms with Crippen LogP contribution in [0.1, 0.15) is 36.8 Å². The van der Waals surface area contributed by atoms with Crippen LogP contribution in [0.2, 0.25) is 10.0 Å². The maximum atomic E-state index is 6.15. The maximum Gasteiger partial charge on any atom is 0.121 e. The Hall–Kier alpha value is -1.26. The number of ether oxygens (including phenoxy) is 1. The number of nitrogens with zero attached hydrogens (tertiary/aromatic N) is 2. The molecule has 5 heteroatoms. The van der Waals surface area contributed by atoms with Crippen LogP contribution in [0, 0.1) is 5.92 Å². The Bertz CT molecular complexity index is 864. The Morgan fingerprint density at radius 1 is 0.806 bits per heavy atom. The molecule has 0 aromatic heterocycles. The van der Waals surface area contributed by atoms with E-state index in [9.17, 15) is 0 Å². The van der Waals surface area contributed by atoms with E-state index in [1.165, 1.54) is 45.3 Å². The fourth-order valence-electron chi connectivity index (χ4n) is 5.61. The van der Waals surface area contributed by atoms with Crippen LogP contribution in [0.15, 0.2) is 42.5 Å². The third kappa shape index (κ3) is 5.22. The zero-order valence-corrected chi connectivity index (χ0v) is 19.6. The highest BCUT2D eigenvalue weighted by Crippen LogP contribution is 2.30. The molecule has 2 saturated heterocycles. The third-order valence-electron chi connectivity index (χ3n) is 7.44. The molecule has 0 spiro atoms. The quantitative estimate of drug-likeness (QED) is 0.569. The first kappa shape index (κ1) is 21.6. The van der Waals surface area contributed by atoms with Gasteiger partial charge in [-0.15, -0.1) is 0 Å². The zero-order chi connectivity index (χ0) is 21.2. The molecule has 0 N–H and O–H groups in total. The van der Waals surface area contributed by atoms with Gasteiger partial charge in [0.1, 0.15) is 11.9 Å². The summed E-state index contributed by atoms with van der Waals surface area (Å²) < 4.78 is 6.15. The Morgan fingerprint density at radius 2 is 1.48 bits per heavy atom. The number of piperidine rings is 2. The predicted molar refractivity (Wildman–Crippen MR) is 128 cm³/mol. The van der Waals surface area contributed by atoms with Crippen LogP contribution < -0.4 is 4.74 Å². The second-order valence-corrected chi connectivity index (χ2v) is 10.3. The lowest BCUT2D eigenvalue weighted by molar-refractivity contribution is 0.0714. The molecule has 31 heavy (non-hydrogen) atoms. The first-order valence-electron chi connectivity index (χ1n) is 11.8. The topological polar surface area (TPSA) is 15.7 Å². The number of fused-ring (bicyclic) bond motifs is 1. The van der Waals surface area contributed by atoms with E-state index in [-0.39, 0.29) is 6.10 Å². The minimum Gasteiger partial charge on any atom is -0.490 e. The van der Waals surface area contributed by atoms with Gasteiger partial charge < -0.3 is 9.64 Å². The molecule has 0 bridgehead atoms. The van der Waals surface area contributed by atoms with Gasteiger partial charge in [-0.05, 0) is 80.8 Å². The van der Waals surface area contributed by atoms with Gasteiger partial charge in [-0.3, -0.25) is 4.90 Å². The van der Waals surface area contributed by atoms with E-state index in [1.807, 2.05) is 18.2 Å². The smallest absolute Gasteiger partial charge is 0.121 e. The average molecular weight is 459 g/mol. The first-order valence-corrected chi connectivity index (χ1v) is 12.5. The van der Waals surface area contributed by atoms with Gasteiger partial charge in [0.05, 0.1) is 10.0 Å². The van der Waals surface area contributed by atoms with Gasteiger partial charge in [0.2, 0.25) is 0 Å². The molecular formula is C26H32Cl2N2O. The normalized spacial score (nSPS) is 22.0. The van der Waals surface area contributed by atoms with Crippen molar-refractivity contribution in [2.24, 2.45) is 5.92 Å². The van der Waals surface area contributed by atoms with Gasteiger partial charge in [-0.1, -0.05) is 47.5 Å². The Morgan fingerprint density at radius 3 is 2.13 bits per heavy atom. The molecule has 2 aromatic rings. The van der Waals surface area contributed by atoms with E-state index in [2.05, 4.69) is 34.1 Å². The Kier molecular flexibility index (Phi) is 6.75. The molecule has 2 fully saturated rings. The molecule has 0 unspecified atom stereocenters. The van der Waals surface area contributed by atoms with Crippen molar-refractivity contribution in [2.75, 3.05) is 32.7 Å². The van der Waals surface area contributed by atoms with Gasteiger partial charge in [0, 0.05) is 31.7 Å². The van der Waals surface area contributed by atoms with E-state index >= 15 is 0 Å². The number of likely N-dealkylation sites (tertiary alicyclic amines) is 2. The first-order chi connectivity index (χ1) is 15.1. The van der Waals surface area contributed by atoms with Crippen molar-refractivity contribution in [1.29, 1.82) is 0 Å². The summed E-state index contributed by atoms with van der Waals surface area (Å²) in [5.74, 6) is 1.67. The summed E-state index contributed by atoms with van der Waals surface area (Å²) >= 11 is 12.1. The summed E-state index contributed by atoms with van der Waals surface area (Å²) in [5, 5.41) is 1.14. The van der Waals surface area contributed by atoms with Crippen molar-refractivity contribution in [3.63, 3.8) is 0 Å². The van der Waals surface area contributed by atoms with Gasteiger partial charge in [0.25, 0.3) is 0 Å². The van der Waals surface area contributed by atoms with E-state index < -0.39 is 0 Å². The fourth-order valence-corrected chi connectivity index (χ4v) is 5.90. The Balaban J connectivity index is 1.03. The summed E-state index contributed by atoms with van der Waals surface area (Å²) in [5.41, 5.74) is 3.14. The van der Waals surface area contributed by atoms with Crippen LogP contribution in [-0.2, 0) is 12.8 Å². The lowest BCUT2D eigenvalue weighted by Gasteiger charge is -2.39. The fraction of sp³-hybridized carbons (Fsp3) is 0.538. The molecule has 0 radical (unpaired) electrons. The van der Waals surface area contributed by atoms with Gasteiger partial charge in [-0.2, -0.15) is 0 Å². The second-order valence-electron chi connectivity index (χ2n) is 9.50. The number of hydrogen-bond acceptors (Lipinski definition) is 3. The number of halogens is 2. The molecule has 166 valence electrons. The summed E-state index contributed by atoms with van der Waals surface area (Å²) in [6.07, 6.45) is 7.61. The number of hydrogen-bond donors (Lipinski definition) is 0. The standard InChI is InChI=1S/C26H32Cl2N2O/c27-25-6-5-24(17-26(25)28)31-23-9-11-29(12-10-23)18-19-7-13-30(14-8-19)22-15-20-3-1-2-4-21(20)16-22/h1-6,17,19,22-23H,7-16,18H2. The van der Waals surface area contributed by atoms with E-state index in [0.29, 0.717) is 10.0 Å². The summed E-state index contributed by atoms with van der Waals surface area (Å²) in [4.78, 5) is 5.41. The predicted octanol–water partition coefficient (Wildman–Crippen LogP) is 5.72. The molecule has 0 atom stereocenters. The lowest BCUT2D eigenvalue weighted by atomic mass is 9.93. The van der Waals surface area contributed by atoms with Crippen molar-refractivity contribution in [2.45, 2.75) is 50.7 Å². The molecule has 1 aliphatic carbocycles. The molecule has 0 saturated carbocycles. The van der Waals surface area contributed by atoms with Crippen LogP contribution >= 0.6 is 23.2 Å². The molecule has 0 amide bonds. The molecule has 3 nitrogen and oxygen atoms in total. The zero-order valence-electron chi connectivity index (χ0n) is 18.1. The van der Waals surface area contributed by atoms with Crippen LogP contribution in [-0.4, -0.2) is 54.7 Å². The van der Waals surface area contributed by atoms with Gasteiger partial charge >= 0.3 is 0 Å². The van der Waals surface area contributed by atoms with Gasteiger partial charge in [0.15, 0.2) is 0 Å². The van der Waals surface area contributed by atoms with Crippen LogP contribution in [0.25, 0.3) is 0 Å². The van der Waals surface area contributed by atoms with Gasteiger partial charge in [-0.25, -0.2) is 0 Å². The van der Waals surface area contributed by atoms with E-state index in [1.54, 1.807) is 11.1 Å². The summed E-state index contributed by atoms with van der Waals surface area (Å²) in [6, 6.07) is 15.3. The third-order valence-corrected chi connectivity index (χ3v) is 8.18. The molecule has 2 aromatic carbocycles. The van der Waals surface area contributed by atoms with Crippen molar-refractivity contribution >= 4 is 23.2 Å². The molecule has 5 rings (SSSR count). The van der Waals surface area contributed by atoms with Crippen molar-refractivity contribution < 1.29 is 4.74 Å². The minimum atomic E-state index is 0.277. The molecular weight excluding hydrogens is 427 g/mol. The van der Waals surface area contributed by atoms with Crippen LogP contribution in [0.4, 0.5) is 0 Å². The van der Waals surface area contributed by atoms with E-state index in [4.69, 9.17) is 27.9 Å². The number of rotatable bonds is 5. The van der Waals surface area contributed by atoms with E-state index in [0.717, 1.165) is 43.6 Å². The summed E-state index contributed by atoms with van der Waals surface area (Å²) in [7, 11) is 0. The maximum absolute atomic E-state index is 6.15. The molecule has 2 heterocycles. The van der Waals surface area contributed by atoms with Crippen molar-refractivity contribution in [3.8, 4) is 5.75 Å². The Labute approximate surface area is 196 Å². The monoisotopic (exact) mass is 458 g/mol. The number of benzene rings is 2. The average Bonchev–Trinajstić information content (AvgIpc) is 3.22. The molecule has 2 aliphatic heterocycles. The highest BCUT2D eigenvalue weighted by molar-refractivity contribution is 6.42. The summed E-state index contributed by atoms with van der Waals surface area (Å²) in [6.45, 7) is 6.03. The van der Waals surface area contributed by atoms with Crippen LogP contribution in [0.3, 0.4) is 0 Å². The van der Waals surface area contributed by atoms with Crippen LogP contribution in [0.5, 0.6) is 5.75 Å². The second kappa shape index (κ2) is 9.70. The highest BCUT2D eigenvalue weighted by atomic mass is 35.5. The molecule has 3 aliphatic rings. The lowest BCUT2D eigenvalue weighted by Crippen LogP contribution is -2.46. The van der Waals surface area contributed by atoms with Crippen molar-refractivity contribution in [1.82, 2.24) is 9.80 Å². The highest BCUT2D eigenvalue weighted by Gasteiger charge is 2.31. The minimum absolute atomic E-state index is 0.277. The largest absolute Gasteiger partial charge is 0.490 e. The SMILES string of the molecule is Clc1ccc(OC2CCN(CC3CCN(C4Cc5ccccc5C4)CC3)CC2)cc1Cl.